The fraction of sp³-hybridized carbons (Fsp3) is 0.240. The van der Waals surface area contributed by atoms with E-state index in [1.807, 2.05) is 31.2 Å². The Morgan fingerprint density at radius 2 is 1.83 bits per heavy atom. The highest BCUT2D eigenvalue weighted by molar-refractivity contribution is 8.12. The number of anilines is 3. The molecule has 3 aromatic rings. The van der Waals surface area contributed by atoms with E-state index in [9.17, 15) is 14.1 Å². The maximum absolute atomic E-state index is 12.7. The van der Waals surface area contributed by atoms with Crippen molar-refractivity contribution >= 4 is 47.3 Å². The highest BCUT2D eigenvalue weighted by Crippen LogP contribution is 2.26. The average Bonchev–Trinajstić information content (AvgIpc) is 2.84. The first-order valence-corrected chi connectivity index (χ1v) is 12.5. The summed E-state index contributed by atoms with van der Waals surface area (Å²) in [4.78, 5) is 31.9. The van der Waals surface area contributed by atoms with Crippen molar-refractivity contribution in [1.29, 1.82) is 0 Å². The van der Waals surface area contributed by atoms with Crippen LogP contribution in [0, 0.1) is 6.92 Å². The Hall–Kier alpha value is -3.50. The van der Waals surface area contributed by atoms with Gasteiger partial charge in [-0.1, -0.05) is 28.7 Å². The number of carbonyl (C=O) groups excluding carboxylic acids is 2. The second-order valence-electron chi connectivity index (χ2n) is 8.50. The van der Waals surface area contributed by atoms with Gasteiger partial charge in [0.25, 0.3) is 11.8 Å². The van der Waals surface area contributed by atoms with Gasteiger partial charge in [-0.05, 0) is 68.3 Å². The zero-order valence-electron chi connectivity index (χ0n) is 19.4. The summed E-state index contributed by atoms with van der Waals surface area (Å²) in [6.07, 6.45) is 1.76. The molecule has 1 saturated heterocycles. The Kier molecular flexibility index (Phi) is 7.62. The van der Waals surface area contributed by atoms with Crippen molar-refractivity contribution in [2.45, 2.75) is 30.7 Å². The lowest BCUT2D eigenvalue weighted by atomic mass is 10.0. The summed E-state index contributed by atoms with van der Waals surface area (Å²) < 4.78 is 11.4. The van der Waals surface area contributed by atoms with E-state index in [-0.39, 0.29) is 17.5 Å². The van der Waals surface area contributed by atoms with E-state index >= 15 is 0 Å². The van der Waals surface area contributed by atoms with Crippen LogP contribution in [0.4, 0.5) is 17.3 Å². The summed E-state index contributed by atoms with van der Waals surface area (Å²) in [6.45, 7) is 3.35. The highest BCUT2D eigenvalue weighted by atomic mass is 32.2. The number of rotatable bonds is 7. The van der Waals surface area contributed by atoms with Crippen LogP contribution < -0.4 is 21.3 Å². The van der Waals surface area contributed by atoms with Crippen LogP contribution in [0.2, 0.25) is 0 Å². The molecule has 1 aliphatic rings. The molecular formula is C25H26BN5O3S. The average molecular weight is 487 g/mol. The largest absolute Gasteiger partial charge is 0.631 e. The number of nitrogens with zero attached hydrogens (tertiary/aromatic N) is 2. The van der Waals surface area contributed by atoms with E-state index in [0.717, 1.165) is 24.9 Å². The number of nitrogens with one attached hydrogen (secondary N) is 2. The van der Waals surface area contributed by atoms with E-state index < -0.39 is 16.9 Å². The third-order valence-corrected chi connectivity index (χ3v) is 6.63. The van der Waals surface area contributed by atoms with Gasteiger partial charge in [0.1, 0.15) is 16.5 Å². The molecule has 1 unspecified atom stereocenters. The molecule has 2 atom stereocenters. The Bertz CT molecular complexity index is 1200. The van der Waals surface area contributed by atoms with Gasteiger partial charge in [0.05, 0.1) is 5.56 Å². The molecule has 2 heterocycles. The van der Waals surface area contributed by atoms with Crippen molar-refractivity contribution < 1.29 is 14.1 Å². The van der Waals surface area contributed by atoms with Crippen molar-refractivity contribution in [1.82, 2.24) is 10.3 Å². The van der Waals surface area contributed by atoms with E-state index in [0.29, 0.717) is 34.3 Å². The minimum atomic E-state index is -1.58. The zero-order chi connectivity index (χ0) is 24.9. The molecule has 2 radical (unpaired) electrons. The molecule has 8 nitrogen and oxygen atoms in total. The molecule has 0 spiro atoms. The van der Waals surface area contributed by atoms with Gasteiger partial charge in [0, 0.05) is 30.4 Å². The third kappa shape index (κ3) is 6.15. The quantitative estimate of drug-likeness (QED) is 0.348. The Balaban J connectivity index is 1.50. The lowest BCUT2D eigenvalue weighted by Crippen LogP contribution is -2.48. The molecule has 35 heavy (non-hydrogen) atoms. The summed E-state index contributed by atoms with van der Waals surface area (Å²) in [5.74, 6) is 0.292. The number of benzene rings is 2. The summed E-state index contributed by atoms with van der Waals surface area (Å²) in [5.41, 5.74) is 8.20. The van der Waals surface area contributed by atoms with Crippen molar-refractivity contribution in [3.05, 3.63) is 77.4 Å². The van der Waals surface area contributed by atoms with Crippen molar-refractivity contribution in [2.24, 2.45) is 5.73 Å². The standard InChI is InChI=1S/C25H26BN5O3S/c1-16-4-6-17(7-5-16)25(33)29-19-3-2-14-31(15-19)22-13-12-21(23(27)32)24(30-22)28-18-8-10-20(11-9-18)35(26)34/h4-13,19H,2-3,14-15H2,1H3,(H2,27,32)(H,28,30)(H,29,33)/t19-,35?/m1/s1. The molecular weight excluding hydrogens is 461 g/mol. The second-order valence-corrected chi connectivity index (χ2v) is 9.57. The summed E-state index contributed by atoms with van der Waals surface area (Å²) >= 11 is -1.58. The molecule has 1 aromatic heterocycles. The van der Waals surface area contributed by atoms with Gasteiger partial charge in [-0.3, -0.25) is 9.59 Å². The number of hydrogen-bond donors (Lipinski definition) is 3. The van der Waals surface area contributed by atoms with E-state index in [4.69, 9.17) is 12.9 Å². The predicted molar refractivity (Wildman–Crippen MR) is 139 cm³/mol. The molecule has 0 bridgehead atoms. The van der Waals surface area contributed by atoms with Crippen molar-refractivity contribution in [3.8, 4) is 0 Å². The first-order valence-electron chi connectivity index (χ1n) is 11.3. The summed E-state index contributed by atoms with van der Waals surface area (Å²) in [5, 5.41) is 6.24. The number of pyridine rings is 1. The summed E-state index contributed by atoms with van der Waals surface area (Å²) in [6, 6.07) is 17.5. The fourth-order valence-corrected chi connectivity index (χ4v) is 4.41. The van der Waals surface area contributed by atoms with Crippen molar-refractivity contribution in [3.63, 3.8) is 0 Å². The minimum Gasteiger partial charge on any atom is -0.631 e. The number of carbonyl (C=O) groups is 2. The first kappa shape index (κ1) is 24.6. The zero-order valence-corrected chi connectivity index (χ0v) is 20.2. The van der Waals surface area contributed by atoms with Crippen LogP contribution in [-0.2, 0) is 11.0 Å². The molecule has 2 amide bonds. The molecule has 1 fully saturated rings. The van der Waals surface area contributed by atoms with Crippen LogP contribution in [0.25, 0.3) is 0 Å². The van der Waals surface area contributed by atoms with Gasteiger partial charge in [-0.2, -0.15) is 0 Å². The molecule has 0 saturated carbocycles. The number of amides is 2. The second kappa shape index (κ2) is 10.8. The fourth-order valence-electron chi connectivity index (χ4n) is 4.00. The highest BCUT2D eigenvalue weighted by Gasteiger charge is 2.24. The maximum Gasteiger partial charge on any atom is 0.470 e. The smallest absolute Gasteiger partial charge is 0.470 e. The van der Waals surface area contributed by atoms with Crippen LogP contribution in [0.1, 0.15) is 39.1 Å². The Labute approximate surface area is 208 Å². The van der Waals surface area contributed by atoms with E-state index in [1.54, 1.807) is 36.4 Å². The number of piperidine rings is 1. The van der Waals surface area contributed by atoms with E-state index in [2.05, 4.69) is 20.5 Å². The number of aryl methyl sites for hydroxylation is 1. The van der Waals surface area contributed by atoms with Crippen LogP contribution in [0.15, 0.2) is 65.6 Å². The number of aromatic nitrogens is 1. The van der Waals surface area contributed by atoms with Crippen LogP contribution in [0.5, 0.6) is 0 Å². The molecule has 1 aliphatic heterocycles. The number of nitrogens with two attached hydrogens (primary N) is 1. The normalized spacial score (nSPS) is 16.4. The lowest BCUT2D eigenvalue weighted by molar-refractivity contribution is 0.0932. The SMILES string of the molecule is [B][S+]([O-])c1ccc(Nc2nc(N3CCC[C@@H](NC(=O)c4ccc(C)cc4)C3)ccc2C(N)=O)cc1. The van der Waals surface area contributed by atoms with Gasteiger partial charge >= 0.3 is 7.12 Å². The molecule has 178 valence electrons. The number of hydrogen-bond acceptors (Lipinski definition) is 6. The van der Waals surface area contributed by atoms with Gasteiger partial charge in [0.15, 0.2) is 0 Å². The van der Waals surface area contributed by atoms with Crippen molar-refractivity contribution in [2.75, 3.05) is 23.3 Å². The van der Waals surface area contributed by atoms with Crippen LogP contribution in [0.3, 0.4) is 0 Å². The lowest BCUT2D eigenvalue weighted by Gasteiger charge is -2.34. The predicted octanol–water partition coefficient (Wildman–Crippen LogP) is 2.82. The Morgan fingerprint density at radius 3 is 2.49 bits per heavy atom. The van der Waals surface area contributed by atoms with Crippen LogP contribution in [-0.4, -0.2) is 47.6 Å². The first-order chi connectivity index (χ1) is 16.8. The molecule has 0 aliphatic carbocycles. The topological polar surface area (TPSA) is 123 Å². The van der Waals surface area contributed by atoms with Gasteiger partial charge in [-0.15, -0.1) is 0 Å². The van der Waals surface area contributed by atoms with Gasteiger partial charge in [0.2, 0.25) is 0 Å². The Morgan fingerprint density at radius 1 is 1.11 bits per heavy atom. The van der Waals surface area contributed by atoms with Gasteiger partial charge < -0.3 is 25.8 Å². The maximum atomic E-state index is 12.7. The van der Waals surface area contributed by atoms with Gasteiger partial charge in [-0.25, -0.2) is 4.98 Å². The third-order valence-electron chi connectivity index (χ3n) is 5.89. The van der Waals surface area contributed by atoms with E-state index in [1.165, 1.54) is 0 Å². The monoisotopic (exact) mass is 487 g/mol. The summed E-state index contributed by atoms with van der Waals surface area (Å²) in [7, 11) is 5.41. The number of primary amides is 1. The molecule has 2 aromatic carbocycles. The molecule has 4 rings (SSSR count). The van der Waals surface area contributed by atoms with Crippen LogP contribution >= 0.6 is 0 Å². The molecule has 10 heteroatoms. The minimum absolute atomic E-state index is 0.0312. The molecule has 4 N–H and O–H groups in total.